The van der Waals surface area contributed by atoms with Gasteiger partial charge in [-0.2, -0.15) is 0 Å². The molecule has 3 heteroatoms. The summed E-state index contributed by atoms with van der Waals surface area (Å²) in [6.07, 6.45) is 11.9. The molecule has 0 aromatic carbocycles. The summed E-state index contributed by atoms with van der Waals surface area (Å²) in [6, 6.07) is 0.594. The first-order valence-electron chi connectivity index (χ1n) is 8.31. The van der Waals surface area contributed by atoms with Crippen LogP contribution in [0.25, 0.3) is 0 Å². The van der Waals surface area contributed by atoms with Crippen molar-refractivity contribution in [3.63, 3.8) is 0 Å². The van der Waals surface area contributed by atoms with E-state index < -0.39 is 0 Å². The van der Waals surface area contributed by atoms with Crippen molar-refractivity contribution < 1.29 is 0 Å². The molecule has 3 nitrogen and oxygen atoms in total. The second-order valence-corrected chi connectivity index (χ2v) is 6.97. The molecule has 1 heterocycles. The van der Waals surface area contributed by atoms with Gasteiger partial charge in [-0.3, -0.25) is 0 Å². The second kappa shape index (κ2) is 6.11. The van der Waals surface area contributed by atoms with Gasteiger partial charge >= 0.3 is 0 Å². The van der Waals surface area contributed by atoms with Crippen molar-refractivity contribution in [2.45, 2.75) is 71.3 Å². The number of hydrogen-bond donors (Lipinski definition) is 1. The van der Waals surface area contributed by atoms with Crippen LogP contribution in [0.4, 0.5) is 5.82 Å². The Balaban J connectivity index is 1.77. The average molecular weight is 273 g/mol. The number of hydrogen-bond acceptors (Lipinski definition) is 3. The van der Waals surface area contributed by atoms with Crippen LogP contribution in [0.1, 0.15) is 63.6 Å². The Morgan fingerprint density at radius 1 is 0.950 bits per heavy atom. The maximum absolute atomic E-state index is 4.56. The number of nitrogens with zero attached hydrogens (tertiary/aromatic N) is 2. The Kier molecular flexibility index (Phi) is 4.23. The number of fused-ring (bicyclic) bond motifs is 1. The fourth-order valence-electron chi connectivity index (χ4n) is 4.08. The second-order valence-electron chi connectivity index (χ2n) is 6.97. The molecular formula is C17H27N3. The minimum absolute atomic E-state index is 0.594. The predicted octanol–water partition coefficient (Wildman–Crippen LogP) is 3.98. The van der Waals surface area contributed by atoms with Crippen molar-refractivity contribution in [1.29, 1.82) is 0 Å². The van der Waals surface area contributed by atoms with Crippen LogP contribution in [-0.4, -0.2) is 16.0 Å². The molecule has 1 N–H and O–H groups in total. The standard InChI is InChI=1S/C17H27N3/c1-12-8-13(2)10-14(9-12)20-17-15-6-4-3-5-7-16(15)18-11-19-17/h11-14H,3-10H2,1-2H3,(H,18,19,20). The van der Waals surface area contributed by atoms with Crippen LogP contribution in [0.15, 0.2) is 6.33 Å². The zero-order chi connectivity index (χ0) is 13.9. The molecule has 20 heavy (non-hydrogen) atoms. The van der Waals surface area contributed by atoms with Crippen molar-refractivity contribution >= 4 is 5.82 Å². The third-order valence-electron chi connectivity index (χ3n) is 4.89. The highest BCUT2D eigenvalue weighted by atomic mass is 15.0. The molecule has 3 rings (SSSR count). The van der Waals surface area contributed by atoms with Crippen LogP contribution < -0.4 is 5.32 Å². The van der Waals surface area contributed by atoms with Crippen LogP contribution in [-0.2, 0) is 12.8 Å². The van der Waals surface area contributed by atoms with Crippen molar-refractivity contribution in [2.75, 3.05) is 5.32 Å². The summed E-state index contributed by atoms with van der Waals surface area (Å²) in [5.74, 6) is 2.79. The van der Waals surface area contributed by atoms with E-state index in [9.17, 15) is 0 Å². The predicted molar refractivity (Wildman–Crippen MR) is 82.9 cm³/mol. The van der Waals surface area contributed by atoms with E-state index in [2.05, 4.69) is 29.1 Å². The summed E-state index contributed by atoms with van der Waals surface area (Å²) in [7, 11) is 0. The first kappa shape index (κ1) is 13.8. The molecule has 1 fully saturated rings. The lowest BCUT2D eigenvalue weighted by Crippen LogP contribution is -2.31. The Bertz CT molecular complexity index is 448. The summed E-state index contributed by atoms with van der Waals surface area (Å²) in [4.78, 5) is 9.07. The summed E-state index contributed by atoms with van der Waals surface area (Å²) >= 11 is 0. The highest BCUT2D eigenvalue weighted by Crippen LogP contribution is 2.32. The molecule has 0 aliphatic heterocycles. The monoisotopic (exact) mass is 273 g/mol. The maximum atomic E-state index is 4.56. The Labute approximate surface area is 122 Å². The molecule has 2 aliphatic carbocycles. The van der Waals surface area contributed by atoms with Gasteiger partial charge in [0.15, 0.2) is 0 Å². The zero-order valence-electron chi connectivity index (χ0n) is 12.9. The molecule has 1 aromatic rings. The van der Waals surface area contributed by atoms with Gasteiger partial charge in [-0.25, -0.2) is 9.97 Å². The van der Waals surface area contributed by atoms with Crippen molar-refractivity contribution in [1.82, 2.24) is 9.97 Å². The van der Waals surface area contributed by atoms with Crippen LogP contribution in [0, 0.1) is 11.8 Å². The van der Waals surface area contributed by atoms with Crippen LogP contribution in [0.2, 0.25) is 0 Å². The summed E-state index contributed by atoms with van der Waals surface area (Å²) in [6.45, 7) is 4.76. The average Bonchev–Trinajstić information content (AvgIpc) is 2.63. The van der Waals surface area contributed by atoms with Gasteiger partial charge in [0.1, 0.15) is 12.1 Å². The van der Waals surface area contributed by atoms with Crippen molar-refractivity contribution in [3.05, 3.63) is 17.6 Å². The van der Waals surface area contributed by atoms with E-state index in [4.69, 9.17) is 0 Å². The molecule has 1 saturated carbocycles. The van der Waals surface area contributed by atoms with Crippen LogP contribution >= 0.6 is 0 Å². The van der Waals surface area contributed by atoms with Gasteiger partial charge in [0, 0.05) is 17.3 Å². The molecule has 0 bridgehead atoms. The van der Waals surface area contributed by atoms with Crippen LogP contribution in [0.3, 0.4) is 0 Å². The maximum Gasteiger partial charge on any atom is 0.133 e. The quantitative estimate of drug-likeness (QED) is 0.828. The number of anilines is 1. The van der Waals surface area contributed by atoms with Gasteiger partial charge in [0.2, 0.25) is 0 Å². The van der Waals surface area contributed by atoms with Gasteiger partial charge in [-0.05, 0) is 56.8 Å². The number of rotatable bonds is 2. The van der Waals surface area contributed by atoms with E-state index in [-0.39, 0.29) is 0 Å². The van der Waals surface area contributed by atoms with E-state index in [0.29, 0.717) is 6.04 Å². The summed E-state index contributed by atoms with van der Waals surface area (Å²) in [5.41, 5.74) is 2.69. The largest absolute Gasteiger partial charge is 0.367 e. The molecule has 0 saturated heterocycles. The number of nitrogens with one attached hydrogen (secondary N) is 1. The van der Waals surface area contributed by atoms with E-state index >= 15 is 0 Å². The molecular weight excluding hydrogens is 246 g/mol. The highest BCUT2D eigenvalue weighted by molar-refractivity contribution is 5.47. The molecule has 2 aliphatic rings. The molecule has 1 aromatic heterocycles. The third kappa shape index (κ3) is 3.13. The first-order chi connectivity index (χ1) is 9.72. The normalized spacial score (nSPS) is 30.4. The fourth-order valence-corrected chi connectivity index (χ4v) is 4.08. The number of aromatic nitrogens is 2. The SMILES string of the molecule is CC1CC(C)CC(Nc2ncnc3c2CCCCC3)C1. The van der Waals surface area contributed by atoms with E-state index in [1.807, 2.05) is 0 Å². The van der Waals surface area contributed by atoms with E-state index in [1.165, 1.54) is 49.8 Å². The van der Waals surface area contributed by atoms with Gasteiger partial charge in [-0.15, -0.1) is 0 Å². The fraction of sp³-hybridized carbons (Fsp3) is 0.765. The van der Waals surface area contributed by atoms with Gasteiger partial charge < -0.3 is 5.32 Å². The molecule has 2 atom stereocenters. The minimum Gasteiger partial charge on any atom is -0.367 e. The lowest BCUT2D eigenvalue weighted by atomic mass is 9.80. The highest BCUT2D eigenvalue weighted by Gasteiger charge is 2.25. The van der Waals surface area contributed by atoms with Crippen molar-refractivity contribution in [2.24, 2.45) is 11.8 Å². The summed E-state index contributed by atoms with van der Waals surface area (Å²) < 4.78 is 0. The van der Waals surface area contributed by atoms with Gasteiger partial charge in [-0.1, -0.05) is 20.3 Å². The Hall–Kier alpha value is -1.12. The van der Waals surface area contributed by atoms with Crippen molar-refractivity contribution in [3.8, 4) is 0 Å². The van der Waals surface area contributed by atoms with Crippen LogP contribution in [0.5, 0.6) is 0 Å². The summed E-state index contributed by atoms with van der Waals surface area (Å²) in [5, 5.41) is 3.75. The van der Waals surface area contributed by atoms with E-state index in [0.717, 1.165) is 30.5 Å². The Morgan fingerprint density at radius 2 is 1.70 bits per heavy atom. The lowest BCUT2D eigenvalue weighted by Gasteiger charge is -2.32. The third-order valence-corrected chi connectivity index (χ3v) is 4.89. The molecule has 0 radical (unpaired) electrons. The van der Waals surface area contributed by atoms with E-state index in [1.54, 1.807) is 6.33 Å². The molecule has 0 spiro atoms. The van der Waals surface area contributed by atoms with Gasteiger partial charge in [0.25, 0.3) is 0 Å². The minimum atomic E-state index is 0.594. The smallest absolute Gasteiger partial charge is 0.133 e. The molecule has 2 unspecified atom stereocenters. The first-order valence-corrected chi connectivity index (χ1v) is 8.31. The molecule has 110 valence electrons. The zero-order valence-corrected chi connectivity index (χ0v) is 12.9. The number of aryl methyl sites for hydroxylation is 1. The topological polar surface area (TPSA) is 37.8 Å². The Morgan fingerprint density at radius 3 is 2.50 bits per heavy atom. The lowest BCUT2D eigenvalue weighted by molar-refractivity contribution is 0.280. The molecule has 0 amide bonds. The van der Waals surface area contributed by atoms with Gasteiger partial charge in [0.05, 0.1) is 0 Å².